The number of halogens is 1. The number of carbonyl (C=O) groups excluding carboxylic acids is 2. The summed E-state index contributed by atoms with van der Waals surface area (Å²) in [4.78, 5) is 23.1. The van der Waals surface area contributed by atoms with Crippen molar-refractivity contribution in [2.24, 2.45) is 5.73 Å². The molecule has 0 spiro atoms. The van der Waals surface area contributed by atoms with Gasteiger partial charge in [-0.05, 0) is 25.0 Å². The minimum absolute atomic E-state index is 0. The van der Waals surface area contributed by atoms with Gasteiger partial charge in [0.05, 0.1) is 5.54 Å². The van der Waals surface area contributed by atoms with Gasteiger partial charge in [0.25, 0.3) is 0 Å². The molecule has 1 aromatic rings. The molecule has 104 valence electrons. The lowest BCUT2D eigenvalue weighted by atomic mass is 10.2. The van der Waals surface area contributed by atoms with Crippen LogP contribution in [0, 0.1) is 0 Å². The van der Waals surface area contributed by atoms with Crippen LogP contribution in [-0.4, -0.2) is 23.9 Å². The lowest BCUT2D eigenvalue weighted by Gasteiger charge is -2.10. The molecular weight excluding hydrogens is 266 g/mol. The first-order valence-electron chi connectivity index (χ1n) is 6.02. The van der Waals surface area contributed by atoms with Crippen molar-refractivity contribution in [3.63, 3.8) is 0 Å². The summed E-state index contributed by atoms with van der Waals surface area (Å²) < 4.78 is 0. The highest BCUT2D eigenvalue weighted by Gasteiger charge is 2.45. The van der Waals surface area contributed by atoms with Crippen LogP contribution in [0.1, 0.15) is 19.3 Å². The molecular formula is C13H18ClN3O2. The van der Waals surface area contributed by atoms with Crippen LogP contribution in [0.3, 0.4) is 0 Å². The molecule has 0 bridgehead atoms. The van der Waals surface area contributed by atoms with E-state index in [0.29, 0.717) is 6.54 Å². The second kappa shape index (κ2) is 6.54. The molecule has 1 aliphatic carbocycles. The molecule has 0 atom stereocenters. The average Bonchev–Trinajstić information content (AvgIpc) is 3.10. The van der Waals surface area contributed by atoms with Crippen LogP contribution < -0.4 is 16.4 Å². The zero-order valence-electron chi connectivity index (χ0n) is 10.5. The van der Waals surface area contributed by atoms with E-state index in [1.165, 1.54) is 0 Å². The van der Waals surface area contributed by atoms with E-state index in [2.05, 4.69) is 10.6 Å². The highest BCUT2D eigenvalue weighted by Crippen LogP contribution is 2.31. The van der Waals surface area contributed by atoms with E-state index in [1.807, 2.05) is 30.3 Å². The summed E-state index contributed by atoms with van der Waals surface area (Å²) in [5.74, 6) is -0.279. The number of anilines is 1. The maximum atomic E-state index is 11.6. The zero-order valence-corrected chi connectivity index (χ0v) is 11.3. The molecule has 5 nitrogen and oxygen atoms in total. The highest BCUT2D eigenvalue weighted by atomic mass is 35.5. The van der Waals surface area contributed by atoms with Crippen molar-refractivity contribution < 1.29 is 9.59 Å². The van der Waals surface area contributed by atoms with Crippen molar-refractivity contribution in [3.8, 4) is 0 Å². The molecule has 0 heterocycles. The Morgan fingerprint density at radius 2 is 1.84 bits per heavy atom. The molecule has 6 heteroatoms. The van der Waals surface area contributed by atoms with Gasteiger partial charge in [-0.2, -0.15) is 0 Å². The predicted octanol–water partition coefficient (Wildman–Crippen LogP) is 1.04. The van der Waals surface area contributed by atoms with Crippen LogP contribution in [0.5, 0.6) is 0 Å². The number of carbonyl (C=O) groups is 2. The zero-order chi connectivity index (χ0) is 13.0. The number of hydrogen-bond acceptors (Lipinski definition) is 3. The molecule has 0 aromatic heterocycles. The van der Waals surface area contributed by atoms with Gasteiger partial charge < -0.3 is 16.4 Å². The normalized spacial score (nSPS) is 15.0. The molecule has 2 rings (SSSR count). The van der Waals surface area contributed by atoms with Gasteiger partial charge >= 0.3 is 0 Å². The molecule has 4 N–H and O–H groups in total. The number of hydrogen-bond donors (Lipinski definition) is 3. The van der Waals surface area contributed by atoms with Gasteiger partial charge in [-0.25, -0.2) is 0 Å². The fourth-order valence-corrected chi connectivity index (χ4v) is 1.57. The second-order valence-corrected chi connectivity index (χ2v) is 4.58. The van der Waals surface area contributed by atoms with E-state index in [0.717, 1.165) is 18.5 Å². The van der Waals surface area contributed by atoms with Gasteiger partial charge in [0.1, 0.15) is 0 Å². The quantitative estimate of drug-likeness (QED) is 0.755. The third kappa shape index (κ3) is 4.54. The van der Waals surface area contributed by atoms with Crippen molar-refractivity contribution in [3.05, 3.63) is 30.3 Å². The first kappa shape index (κ1) is 15.5. The van der Waals surface area contributed by atoms with E-state index in [9.17, 15) is 9.59 Å². The fourth-order valence-electron chi connectivity index (χ4n) is 1.57. The standard InChI is InChI=1S/C13H17N3O2.ClH/c14-13(7-8-13)12(18)15-9-6-11(17)16-10-4-2-1-3-5-10;/h1-5H,6-9,14H2,(H,15,18)(H,16,17);1H. The third-order valence-electron chi connectivity index (χ3n) is 2.94. The van der Waals surface area contributed by atoms with Crippen molar-refractivity contribution in [2.75, 3.05) is 11.9 Å². The Kier molecular flexibility index (Phi) is 5.32. The summed E-state index contributed by atoms with van der Waals surface area (Å²) >= 11 is 0. The number of benzene rings is 1. The molecule has 0 aliphatic heterocycles. The monoisotopic (exact) mass is 283 g/mol. The average molecular weight is 284 g/mol. The first-order chi connectivity index (χ1) is 8.60. The number of para-hydroxylation sites is 1. The van der Waals surface area contributed by atoms with Crippen LogP contribution in [0.15, 0.2) is 30.3 Å². The van der Waals surface area contributed by atoms with Crippen molar-refractivity contribution in [1.82, 2.24) is 5.32 Å². The topological polar surface area (TPSA) is 84.2 Å². The Labute approximate surface area is 118 Å². The van der Waals surface area contributed by atoms with Gasteiger partial charge in [0, 0.05) is 18.7 Å². The van der Waals surface area contributed by atoms with E-state index >= 15 is 0 Å². The van der Waals surface area contributed by atoms with Crippen LogP contribution in [0.25, 0.3) is 0 Å². The summed E-state index contributed by atoms with van der Waals surface area (Å²) in [6, 6.07) is 9.21. The van der Waals surface area contributed by atoms with E-state index in [1.54, 1.807) is 0 Å². The predicted molar refractivity (Wildman–Crippen MR) is 76.1 cm³/mol. The van der Waals surface area contributed by atoms with Gasteiger partial charge in [0.15, 0.2) is 0 Å². The minimum Gasteiger partial charge on any atom is -0.354 e. The Hall–Kier alpha value is -1.59. The molecule has 1 fully saturated rings. The Morgan fingerprint density at radius 3 is 2.42 bits per heavy atom. The largest absolute Gasteiger partial charge is 0.354 e. The van der Waals surface area contributed by atoms with Crippen LogP contribution in [0.4, 0.5) is 5.69 Å². The van der Waals surface area contributed by atoms with Crippen molar-refractivity contribution >= 4 is 29.9 Å². The highest BCUT2D eigenvalue weighted by molar-refractivity contribution is 5.92. The van der Waals surface area contributed by atoms with Crippen LogP contribution >= 0.6 is 12.4 Å². The number of nitrogens with one attached hydrogen (secondary N) is 2. The molecule has 2 amide bonds. The molecule has 1 aliphatic rings. The fraction of sp³-hybridized carbons (Fsp3) is 0.385. The summed E-state index contributed by atoms with van der Waals surface area (Å²) in [5.41, 5.74) is 5.80. The van der Waals surface area contributed by atoms with E-state index in [-0.39, 0.29) is 30.6 Å². The summed E-state index contributed by atoms with van der Waals surface area (Å²) in [7, 11) is 0. The minimum atomic E-state index is -0.671. The lowest BCUT2D eigenvalue weighted by Crippen LogP contribution is -2.43. The Balaban J connectivity index is 0.00000180. The summed E-state index contributed by atoms with van der Waals surface area (Å²) in [6.07, 6.45) is 1.71. The Bertz CT molecular complexity index is 446. The summed E-state index contributed by atoms with van der Waals surface area (Å²) in [5, 5.41) is 5.43. The van der Waals surface area contributed by atoms with E-state index < -0.39 is 5.54 Å². The maximum Gasteiger partial charge on any atom is 0.240 e. The van der Waals surface area contributed by atoms with Gasteiger partial charge in [-0.15, -0.1) is 12.4 Å². The van der Waals surface area contributed by atoms with Gasteiger partial charge in [-0.1, -0.05) is 18.2 Å². The summed E-state index contributed by atoms with van der Waals surface area (Å²) in [6.45, 7) is 0.316. The Morgan fingerprint density at radius 1 is 1.21 bits per heavy atom. The smallest absolute Gasteiger partial charge is 0.240 e. The van der Waals surface area contributed by atoms with Crippen LogP contribution in [-0.2, 0) is 9.59 Å². The number of amides is 2. The number of rotatable bonds is 5. The van der Waals surface area contributed by atoms with Crippen molar-refractivity contribution in [2.45, 2.75) is 24.8 Å². The maximum absolute atomic E-state index is 11.6. The third-order valence-corrected chi connectivity index (χ3v) is 2.94. The van der Waals surface area contributed by atoms with Crippen molar-refractivity contribution in [1.29, 1.82) is 0 Å². The van der Waals surface area contributed by atoms with Gasteiger partial charge in [0.2, 0.25) is 11.8 Å². The molecule has 1 saturated carbocycles. The molecule has 1 aromatic carbocycles. The van der Waals surface area contributed by atoms with E-state index in [4.69, 9.17) is 5.73 Å². The first-order valence-corrected chi connectivity index (χ1v) is 6.02. The lowest BCUT2D eigenvalue weighted by molar-refractivity contribution is -0.123. The molecule has 0 radical (unpaired) electrons. The van der Waals surface area contributed by atoms with Crippen LogP contribution in [0.2, 0.25) is 0 Å². The SMILES string of the molecule is Cl.NC1(C(=O)NCCC(=O)Nc2ccccc2)CC1. The van der Waals surface area contributed by atoms with Gasteiger partial charge in [-0.3, -0.25) is 9.59 Å². The second-order valence-electron chi connectivity index (χ2n) is 4.58. The molecule has 0 unspecified atom stereocenters. The number of nitrogens with two attached hydrogens (primary N) is 1. The molecule has 0 saturated heterocycles. The molecule has 19 heavy (non-hydrogen) atoms.